The lowest BCUT2D eigenvalue weighted by molar-refractivity contribution is -0.133. The second-order valence-electron chi connectivity index (χ2n) is 6.57. The number of rotatable bonds is 8. The molecule has 1 unspecified atom stereocenters. The molecule has 0 bridgehead atoms. The molecule has 0 radical (unpaired) electrons. The van der Waals surface area contributed by atoms with E-state index >= 15 is 0 Å². The van der Waals surface area contributed by atoms with E-state index in [4.69, 9.17) is 14.7 Å². The quantitative estimate of drug-likeness (QED) is 0.699. The molecular formula is C16H28N2O3. The molecule has 21 heavy (non-hydrogen) atoms. The Morgan fingerprint density at radius 3 is 2.43 bits per heavy atom. The summed E-state index contributed by atoms with van der Waals surface area (Å²) in [6.07, 6.45) is 3.76. The highest BCUT2D eigenvalue weighted by Gasteiger charge is 2.37. The molecule has 0 saturated carbocycles. The Morgan fingerprint density at radius 2 is 1.90 bits per heavy atom. The number of carbonyl (C=O) groups excluding carboxylic acids is 1. The average molecular weight is 296 g/mol. The fourth-order valence-corrected chi connectivity index (χ4v) is 2.66. The van der Waals surface area contributed by atoms with Crippen LogP contribution >= 0.6 is 0 Å². The number of nitrogens with zero attached hydrogens (tertiary/aromatic N) is 1. The van der Waals surface area contributed by atoms with Gasteiger partial charge >= 0.3 is 0 Å². The number of nitrogens with one attached hydrogen (secondary N) is 1. The Hall–Kier alpha value is -1.12. The third kappa shape index (κ3) is 4.98. The first-order valence-electron chi connectivity index (χ1n) is 7.78. The molecule has 1 aliphatic heterocycles. The highest BCUT2D eigenvalue weighted by Crippen LogP contribution is 2.37. The van der Waals surface area contributed by atoms with Gasteiger partial charge in [0.15, 0.2) is 6.29 Å². The number of carbonyl (C=O) groups is 1. The lowest BCUT2D eigenvalue weighted by Crippen LogP contribution is -2.38. The molecule has 0 aromatic carbocycles. The van der Waals surface area contributed by atoms with Gasteiger partial charge in [-0.1, -0.05) is 20.3 Å². The fraction of sp³-hybridized carbons (Fsp3) is 0.875. The van der Waals surface area contributed by atoms with Gasteiger partial charge in [0, 0.05) is 12.0 Å². The molecule has 1 amide bonds. The summed E-state index contributed by atoms with van der Waals surface area (Å²) in [5, 5.41) is 11.8. The Balaban J connectivity index is 2.41. The summed E-state index contributed by atoms with van der Waals surface area (Å²) in [6, 6.07) is 2.01. The second-order valence-corrected chi connectivity index (χ2v) is 6.57. The predicted molar refractivity (Wildman–Crippen MR) is 80.3 cm³/mol. The van der Waals surface area contributed by atoms with Gasteiger partial charge in [-0.05, 0) is 33.1 Å². The summed E-state index contributed by atoms with van der Waals surface area (Å²) in [5.41, 5.74) is -0.981. The van der Waals surface area contributed by atoms with Crippen molar-refractivity contribution in [2.45, 2.75) is 59.7 Å². The molecule has 5 nitrogen and oxygen atoms in total. The first-order valence-corrected chi connectivity index (χ1v) is 7.78. The van der Waals surface area contributed by atoms with E-state index in [1.165, 1.54) is 0 Å². The van der Waals surface area contributed by atoms with Crippen molar-refractivity contribution in [1.29, 1.82) is 5.26 Å². The minimum Gasteiger partial charge on any atom is -0.355 e. The van der Waals surface area contributed by atoms with E-state index in [1.54, 1.807) is 13.8 Å². The molecule has 1 atom stereocenters. The maximum absolute atomic E-state index is 11.8. The van der Waals surface area contributed by atoms with Crippen LogP contribution in [0.25, 0.3) is 0 Å². The molecule has 0 aliphatic carbocycles. The summed E-state index contributed by atoms with van der Waals surface area (Å²) >= 11 is 0. The maximum Gasteiger partial charge on any atom is 0.239 e. The van der Waals surface area contributed by atoms with E-state index < -0.39 is 5.41 Å². The van der Waals surface area contributed by atoms with Gasteiger partial charge in [0.1, 0.15) is 5.41 Å². The van der Waals surface area contributed by atoms with Gasteiger partial charge in [-0.3, -0.25) is 4.79 Å². The van der Waals surface area contributed by atoms with Gasteiger partial charge in [0.25, 0.3) is 0 Å². The molecule has 120 valence electrons. The smallest absolute Gasteiger partial charge is 0.239 e. The minimum absolute atomic E-state index is 0.0132. The Morgan fingerprint density at radius 1 is 1.29 bits per heavy atom. The van der Waals surface area contributed by atoms with Crippen LogP contribution in [-0.2, 0) is 14.3 Å². The van der Waals surface area contributed by atoms with Crippen LogP contribution in [0.5, 0.6) is 0 Å². The number of nitriles is 1. The highest BCUT2D eigenvalue weighted by molar-refractivity contribution is 5.84. The van der Waals surface area contributed by atoms with E-state index in [0.717, 1.165) is 25.7 Å². The van der Waals surface area contributed by atoms with Gasteiger partial charge in [0.05, 0.1) is 19.3 Å². The van der Waals surface area contributed by atoms with Crippen LogP contribution in [0.4, 0.5) is 0 Å². The molecule has 1 rings (SSSR count). The Labute approximate surface area is 128 Å². The lowest BCUT2D eigenvalue weighted by Gasteiger charge is -2.34. The van der Waals surface area contributed by atoms with E-state index in [0.29, 0.717) is 19.8 Å². The van der Waals surface area contributed by atoms with Crippen LogP contribution in [0.2, 0.25) is 0 Å². The third-order valence-electron chi connectivity index (χ3n) is 4.07. The van der Waals surface area contributed by atoms with Crippen molar-refractivity contribution in [3.63, 3.8) is 0 Å². The van der Waals surface area contributed by atoms with Crippen molar-refractivity contribution in [2.75, 3.05) is 19.8 Å². The molecule has 1 aliphatic rings. The normalized spacial score (nSPS) is 19.0. The van der Waals surface area contributed by atoms with Crippen molar-refractivity contribution >= 4 is 5.91 Å². The number of amides is 1. The zero-order chi connectivity index (χ0) is 15.9. The van der Waals surface area contributed by atoms with Crippen LogP contribution < -0.4 is 5.32 Å². The molecule has 0 aromatic heterocycles. The summed E-state index contributed by atoms with van der Waals surface area (Å²) in [6.45, 7) is 9.51. The van der Waals surface area contributed by atoms with Crippen molar-refractivity contribution in [1.82, 2.24) is 5.32 Å². The predicted octanol–water partition coefficient (Wildman–Crippen LogP) is 2.61. The molecule has 1 N–H and O–H groups in total. The fourth-order valence-electron chi connectivity index (χ4n) is 2.66. The van der Waals surface area contributed by atoms with E-state index in [9.17, 15) is 4.79 Å². The average Bonchev–Trinajstić information content (AvgIpc) is 2.98. The van der Waals surface area contributed by atoms with Crippen LogP contribution in [-0.4, -0.2) is 32.0 Å². The largest absolute Gasteiger partial charge is 0.355 e. The SMILES string of the molecule is CCCC(C)(CCCNC(=O)C(C)(C)C#N)C1OCCO1. The second kappa shape index (κ2) is 7.77. The first kappa shape index (κ1) is 17.9. The van der Waals surface area contributed by atoms with Crippen molar-refractivity contribution in [3.05, 3.63) is 0 Å². The molecule has 5 heteroatoms. The van der Waals surface area contributed by atoms with Crippen molar-refractivity contribution in [3.8, 4) is 6.07 Å². The van der Waals surface area contributed by atoms with Crippen LogP contribution in [0, 0.1) is 22.2 Å². The Bertz CT molecular complexity index is 383. The molecule has 0 aromatic rings. The van der Waals surface area contributed by atoms with E-state index in [-0.39, 0.29) is 17.6 Å². The summed E-state index contributed by atoms with van der Waals surface area (Å²) in [7, 11) is 0. The number of hydrogen-bond acceptors (Lipinski definition) is 4. The van der Waals surface area contributed by atoms with Crippen LogP contribution in [0.15, 0.2) is 0 Å². The van der Waals surface area contributed by atoms with Crippen molar-refractivity contribution in [2.24, 2.45) is 10.8 Å². The molecule has 1 fully saturated rings. The van der Waals surface area contributed by atoms with Crippen LogP contribution in [0.1, 0.15) is 53.4 Å². The summed E-state index contributed by atoms with van der Waals surface area (Å²) < 4.78 is 11.3. The van der Waals surface area contributed by atoms with Gasteiger partial charge in [0.2, 0.25) is 5.91 Å². The molecule has 1 saturated heterocycles. The van der Waals surface area contributed by atoms with Gasteiger partial charge in [-0.2, -0.15) is 5.26 Å². The van der Waals surface area contributed by atoms with Gasteiger partial charge < -0.3 is 14.8 Å². The number of ether oxygens (including phenoxy) is 2. The zero-order valence-corrected chi connectivity index (χ0v) is 13.7. The molecule has 1 heterocycles. The van der Waals surface area contributed by atoms with E-state index in [1.807, 2.05) is 6.07 Å². The third-order valence-corrected chi connectivity index (χ3v) is 4.07. The maximum atomic E-state index is 11.8. The zero-order valence-electron chi connectivity index (χ0n) is 13.7. The molecular weight excluding hydrogens is 268 g/mol. The summed E-state index contributed by atoms with van der Waals surface area (Å²) in [5.74, 6) is -0.212. The highest BCUT2D eigenvalue weighted by atomic mass is 16.7. The molecule has 0 spiro atoms. The van der Waals surface area contributed by atoms with Gasteiger partial charge in [-0.25, -0.2) is 0 Å². The minimum atomic E-state index is -0.968. The monoisotopic (exact) mass is 296 g/mol. The standard InChI is InChI=1S/C16H28N2O3/c1-5-7-16(4,14-20-10-11-21-14)8-6-9-18-13(19)15(2,3)12-17/h14H,5-11H2,1-4H3,(H,18,19). The Kier molecular flexibility index (Phi) is 6.63. The lowest BCUT2D eigenvalue weighted by atomic mass is 9.80. The topological polar surface area (TPSA) is 71.4 Å². The number of hydrogen-bond donors (Lipinski definition) is 1. The summed E-state index contributed by atoms with van der Waals surface area (Å²) in [4.78, 5) is 11.8. The van der Waals surface area contributed by atoms with Crippen LogP contribution in [0.3, 0.4) is 0 Å². The van der Waals surface area contributed by atoms with Crippen molar-refractivity contribution < 1.29 is 14.3 Å². The first-order chi connectivity index (χ1) is 9.85. The van der Waals surface area contributed by atoms with Gasteiger partial charge in [-0.15, -0.1) is 0 Å². The van der Waals surface area contributed by atoms with E-state index in [2.05, 4.69) is 19.2 Å².